The van der Waals surface area contributed by atoms with Crippen molar-refractivity contribution >= 4 is 45.0 Å². The zero-order valence-electron chi connectivity index (χ0n) is 19.1. The van der Waals surface area contributed by atoms with Crippen molar-refractivity contribution in [3.8, 4) is 34.3 Å². The molecule has 1 N–H and O–H groups in total. The summed E-state index contributed by atoms with van der Waals surface area (Å²) in [5.74, 6) is 1.41. The van der Waals surface area contributed by atoms with Crippen LogP contribution < -0.4 is 14.8 Å². The van der Waals surface area contributed by atoms with Gasteiger partial charge in [-0.1, -0.05) is 29.3 Å². The molecule has 2 aromatic heterocycles. The van der Waals surface area contributed by atoms with Crippen LogP contribution in [0.5, 0.6) is 11.5 Å². The number of halogens is 3. The highest BCUT2D eigenvalue weighted by Crippen LogP contribution is 2.40. The Kier molecular flexibility index (Phi) is 7.13. The van der Waals surface area contributed by atoms with E-state index in [-0.39, 0.29) is 12.5 Å². The summed E-state index contributed by atoms with van der Waals surface area (Å²) in [4.78, 5) is 21.3. The Morgan fingerprint density at radius 1 is 1.11 bits per heavy atom. The van der Waals surface area contributed by atoms with Gasteiger partial charge in [0.05, 0.1) is 23.3 Å². The summed E-state index contributed by atoms with van der Waals surface area (Å²) in [6.07, 6.45) is 1.66. The lowest BCUT2D eigenvalue weighted by Gasteiger charge is -2.16. The molecule has 2 aromatic carbocycles. The lowest BCUT2D eigenvalue weighted by molar-refractivity contribution is 0.0924. The molecule has 3 heterocycles. The molecule has 0 aliphatic carbocycles. The van der Waals surface area contributed by atoms with Gasteiger partial charge in [-0.2, -0.15) is 5.10 Å². The average molecular weight is 589 g/mol. The second-order valence-electron chi connectivity index (χ2n) is 7.90. The Labute approximate surface area is 225 Å². The highest BCUT2D eigenvalue weighted by Gasteiger charge is 2.21. The first kappa shape index (κ1) is 24.5. The van der Waals surface area contributed by atoms with Gasteiger partial charge in [-0.15, -0.1) is 0 Å². The van der Waals surface area contributed by atoms with Gasteiger partial charge >= 0.3 is 0 Å². The maximum Gasteiger partial charge on any atom is 0.269 e. The predicted molar refractivity (Wildman–Crippen MR) is 141 cm³/mol. The summed E-state index contributed by atoms with van der Waals surface area (Å²) in [6.45, 7) is 3.74. The van der Waals surface area contributed by atoms with Gasteiger partial charge in [-0.05, 0) is 59.3 Å². The average Bonchev–Trinajstić information content (AvgIpc) is 3.31. The van der Waals surface area contributed by atoms with Crippen molar-refractivity contribution in [1.82, 2.24) is 25.1 Å². The van der Waals surface area contributed by atoms with E-state index >= 15 is 0 Å². The number of hydrogen-bond acceptors (Lipinski definition) is 6. The van der Waals surface area contributed by atoms with Gasteiger partial charge < -0.3 is 14.8 Å². The Morgan fingerprint density at radius 2 is 1.97 bits per heavy atom. The molecular weight excluding hydrogens is 569 g/mol. The third-order valence-electron chi connectivity index (χ3n) is 5.49. The fourth-order valence-electron chi connectivity index (χ4n) is 3.79. The summed E-state index contributed by atoms with van der Waals surface area (Å²) in [6, 6.07) is 12.5. The predicted octanol–water partition coefficient (Wildman–Crippen LogP) is 5.80. The number of fused-ring (bicyclic) bond motifs is 1. The molecule has 0 unspecified atom stereocenters. The van der Waals surface area contributed by atoms with E-state index in [4.69, 9.17) is 37.7 Å². The van der Waals surface area contributed by atoms with Crippen LogP contribution >= 0.6 is 39.1 Å². The van der Waals surface area contributed by atoms with Crippen LogP contribution in [0.15, 0.2) is 53.1 Å². The first-order chi connectivity index (χ1) is 17.4. The van der Waals surface area contributed by atoms with Crippen LogP contribution in [-0.4, -0.2) is 38.8 Å². The van der Waals surface area contributed by atoms with E-state index < -0.39 is 0 Å². The number of ether oxygens (including phenoxy) is 2. The number of aromatic nitrogens is 4. The van der Waals surface area contributed by atoms with Crippen LogP contribution in [0.1, 0.15) is 23.0 Å². The number of carbonyl (C=O) groups is 1. The highest BCUT2D eigenvalue weighted by molar-refractivity contribution is 9.10. The number of benzene rings is 2. The molecule has 1 aliphatic heterocycles. The third kappa shape index (κ3) is 5.04. The summed E-state index contributed by atoms with van der Waals surface area (Å²) in [7, 11) is 0. The van der Waals surface area contributed by atoms with E-state index in [1.807, 2.05) is 25.1 Å². The van der Waals surface area contributed by atoms with Crippen LogP contribution in [0, 0.1) is 0 Å². The molecule has 0 fully saturated rings. The number of nitrogens with zero attached hydrogens (tertiary/aromatic N) is 4. The van der Waals surface area contributed by atoms with Gasteiger partial charge in [0.15, 0.2) is 17.3 Å². The Hall–Kier alpha value is -3.14. The van der Waals surface area contributed by atoms with Crippen molar-refractivity contribution in [2.24, 2.45) is 0 Å². The zero-order chi connectivity index (χ0) is 25.2. The van der Waals surface area contributed by atoms with Crippen LogP contribution in [0.25, 0.3) is 22.8 Å². The van der Waals surface area contributed by atoms with Crippen molar-refractivity contribution in [1.29, 1.82) is 0 Å². The summed E-state index contributed by atoms with van der Waals surface area (Å²) in [5, 5.41) is 8.45. The Balaban J connectivity index is 1.45. The third-order valence-corrected chi connectivity index (χ3v) is 6.67. The summed E-state index contributed by atoms with van der Waals surface area (Å²) in [5.41, 5.74) is 3.26. The number of rotatable bonds is 7. The van der Waals surface area contributed by atoms with E-state index in [1.54, 1.807) is 35.1 Å². The second-order valence-corrected chi connectivity index (χ2v) is 9.60. The van der Waals surface area contributed by atoms with Gasteiger partial charge in [-0.3, -0.25) is 9.48 Å². The smallest absolute Gasteiger partial charge is 0.269 e. The number of hydrogen-bond donors (Lipinski definition) is 1. The van der Waals surface area contributed by atoms with Gasteiger partial charge in [0.25, 0.3) is 5.91 Å². The molecule has 36 heavy (non-hydrogen) atoms. The molecular formula is C25H20BrCl2N5O3. The van der Waals surface area contributed by atoms with Crippen LogP contribution in [-0.2, 0) is 13.2 Å². The molecule has 0 atom stereocenters. The monoisotopic (exact) mass is 587 g/mol. The van der Waals surface area contributed by atoms with Crippen LogP contribution in [0.4, 0.5) is 0 Å². The molecule has 0 saturated heterocycles. The molecule has 0 radical (unpaired) electrons. The van der Waals surface area contributed by atoms with E-state index in [0.717, 1.165) is 11.1 Å². The van der Waals surface area contributed by atoms with E-state index in [9.17, 15) is 4.79 Å². The van der Waals surface area contributed by atoms with Crippen molar-refractivity contribution in [2.75, 3.05) is 13.2 Å². The molecule has 0 saturated carbocycles. The Morgan fingerprint density at radius 3 is 2.75 bits per heavy atom. The van der Waals surface area contributed by atoms with Crippen molar-refractivity contribution < 1.29 is 14.3 Å². The molecule has 0 bridgehead atoms. The first-order valence-corrected chi connectivity index (χ1v) is 12.7. The fourth-order valence-corrected chi connectivity index (χ4v) is 4.81. The number of amides is 1. The van der Waals surface area contributed by atoms with Gasteiger partial charge in [0.2, 0.25) is 0 Å². The lowest BCUT2D eigenvalue weighted by Crippen LogP contribution is -2.35. The first-order valence-electron chi connectivity index (χ1n) is 11.2. The maximum absolute atomic E-state index is 12.1. The standard InChI is InChI=1S/C25H20BrCl2N5O3/c1-2-35-22-10-15(9-17(26)23(22)36-13-14-3-4-16(27)11-18(14)28)24-29-6-5-19(31-24)20-12-21-25(34)30-7-8-33(21)32-20/h3-6,9-12H,2,7-8,13H2,1H3,(H,30,34). The molecule has 184 valence electrons. The second kappa shape index (κ2) is 10.5. The molecule has 4 aromatic rings. The van der Waals surface area contributed by atoms with Gasteiger partial charge in [0, 0.05) is 33.9 Å². The quantitative estimate of drug-likeness (QED) is 0.293. The summed E-state index contributed by atoms with van der Waals surface area (Å²) >= 11 is 15.9. The van der Waals surface area contributed by atoms with Gasteiger partial charge in [0.1, 0.15) is 18.0 Å². The van der Waals surface area contributed by atoms with E-state index in [0.29, 0.717) is 68.6 Å². The lowest BCUT2D eigenvalue weighted by atomic mass is 10.1. The largest absolute Gasteiger partial charge is 0.490 e. The topological polar surface area (TPSA) is 91.2 Å². The van der Waals surface area contributed by atoms with Crippen molar-refractivity contribution in [3.05, 3.63) is 74.4 Å². The number of carbonyl (C=O) groups excluding carboxylic acids is 1. The molecule has 11 heteroatoms. The summed E-state index contributed by atoms with van der Waals surface area (Å²) < 4.78 is 14.3. The number of nitrogens with one attached hydrogen (secondary N) is 1. The van der Waals surface area contributed by atoms with Gasteiger partial charge in [-0.25, -0.2) is 9.97 Å². The zero-order valence-corrected chi connectivity index (χ0v) is 22.2. The fraction of sp³-hybridized carbons (Fsp3) is 0.200. The SMILES string of the molecule is CCOc1cc(-c2nccc(-c3cc4n(n3)CCNC4=O)n2)cc(Br)c1OCc1ccc(Cl)cc1Cl. The minimum atomic E-state index is -0.143. The molecule has 5 rings (SSSR count). The van der Waals surface area contributed by atoms with Crippen molar-refractivity contribution in [2.45, 2.75) is 20.1 Å². The normalized spacial score (nSPS) is 12.7. The van der Waals surface area contributed by atoms with Crippen molar-refractivity contribution in [3.63, 3.8) is 0 Å². The molecule has 8 nitrogen and oxygen atoms in total. The molecule has 0 spiro atoms. The molecule has 1 amide bonds. The molecule has 1 aliphatic rings. The van der Waals surface area contributed by atoms with E-state index in [1.165, 1.54) is 0 Å². The minimum absolute atomic E-state index is 0.143. The van der Waals surface area contributed by atoms with Crippen LogP contribution in [0.2, 0.25) is 10.0 Å². The van der Waals surface area contributed by atoms with Crippen LogP contribution in [0.3, 0.4) is 0 Å². The highest BCUT2D eigenvalue weighted by atomic mass is 79.9. The Bertz CT molecular complexity index is 1460. The van der Waals surface area contributed by atoms with E-state index in [2.05, 4.69) is 31.3 Å². The minimum Gasteiger partial charge on any atom is -0.490 e. The maximum atomic E-state index is 12.1.